The Kier molecular flexibility index (Phi) is 7.58. The monoisotopic (exact) mass is 428 g/mol. The lowest BCUT2D eigenvalue weighted by Crippen LogP contribution is -2.17. The molecule has 0 fully saturated rings. The summed E-state index contributed by atoms with van der Waals surface area (Å²) in [5.74, 6) is -0.659. The first-order chi connectivity index (χ1) is 15.6. The number of carbonyl (C=O) groups excluding carboxylic acids is 2. The molecular weight excluding hydrogens is 408 g/mol. The van der Waals surface area contributed by atoms with Crippen molar-refractivity contribution in [3.8, 4) is 0 Å². The van der Waals surface area contributed by atoms with E-state index in [0.29, 0.717) is 35.6 Å². The lowest BCUT2D eigenvalue weighted by atomic mass is 10.1. The smallest absolute Gasteiger partial charge is 0.255 e. The topological polar surface area (TPSA) is 152 Å². The predicted octanol–water partition coefficient (Wildman–Crippen LogP) is 4.24. The number of hydrogen-bond acceptors (Lipinski definition) is 4. The normalized spacial score (nSPS) is 10.0. The van der Waals surface area contributed by atoms with E-state index in [4.69, 9.17) is 11.1 Å². The van der Waals surface area contributed by atoms with Crippen molar-refractivity contribution >= 4 is 23.2 Å². The second-order valence-corrected chi connectivity index (χ2v) is 6.72. The van der Waals surface area contributed by atoms with Crippen LogP contribution in [-0.2, 0) is 13.1 Å². The van der Waals surface area contributed by atoms with Crippen LogP contribution in [0.3, 0.4) is 0 Å². The van der Waals surface area contributed by atoms with Crippen LogP contribution in [0, 0.1) is 0 Å². The third-order valence-electron chi connectivity index (χ3n) is 4.56. The molecule has 3 aromatic carbocycles. The number of anilines is 2. The van der Waals surface area contributed by atoms with Gasteiger partial charge in [0.2, 0.25) is 0 Å². The molecule has 10 heteroatoms. The number of nitrogens with zero attached hydrogens (tertiary/aromatic N) is 4. The first-order valence-corrected chi connectivity index (χ1v) is 9.64. The summed E-state index contributed by atoms with van der Waals surface area (Å²) in [6.45, 7) is 0.670. The Morgan fingerprint density at radius 1 is 0.625 bits per heavy atom. The molecule has 162 valence electrons. The molecule has 0 unspecified atom stereocenters. The maximum Gasteiger partial charge on any atom is 0.255 e. The van der Waals surface area contributed by atoms with Crippen LogP contribution in [0.4, 0.5) is 11.4 Å². The van der Waals surface area contributed by atoms with Crippen molar-refractivity contribution in [3.63, 3.8) is 0 Å². The molecule has 0 saturated carbocycles. The lowest BCUT2D eigenvalue weighted by molar-refractivity contribution is 0.101. The number of para-hydroxylation sites is 2. The number of benzene rings is 3. The first kappa shape index (κ1) is 22.1. The zero-order valence-electron chi connectivity index (χ0n) is 16.9. The summed E-state index contributed by atoms with van der Waals surface area (Å²) in [7, 11) is 0. The molecule has 0 heterocycles. The summed E-state index contributed by atoms with van der Waals surface area (Å²) < 4.78 is 0. The summed E-state index contributed by atoms with van der Waals surface area (Å²) >= 11 is 0. The molecule has 10 nitrogen and oxygen atoms in total. The number of rotatable bonds is 10. The van der Waals surface area contributed by atoms with Gasteiger partial charge in [-0.05, 0) is 60.6 Å². The summed E-state index contributed by atoms with van der Waals surface area (Å²) in [5, 5.41) is 11.3. The van der Waals surface area contributed by atoms with E-state index in [1.54, 1.807) is 72.8 Å². The van der Waals surface area contributed by atoms with Crippen LogP contribution in [0.2, 0.25) is 0 Å². The Balaban J connectivity index is 1.67. The summed E-state index contributed by atoms with van der Waals surface area (Å²) in [6, 6.07) is 20.5. The molecule has 3 aromatic rings. The Morgan fingerprint density at radius 3 is 1.34 bits per heavy atom. The molecule has 0 atom stereocenters. The Morgan fingerprint density at radius 2 is 1.00 bits per heavy atom. The van der Waals surface area contributed by atoms with Gasteiger partial charge in [-0.1, -0.05) is 36.4 Å². The van der Waals surface area contributed by atoms with Gasteiger partial charge >= 0.3 is 0 Å². The minimum Gasteiger partial charge on any atom is -0.410 e. The highest BCUT2D eigenvalue weighted by Crippen LogP contribution is 2.23. The largest absolute Gasteiger partial charge is 0.410 e. The molecule has 0 aliphatic heterocycles. The maximum absolute atomic E-state index is 12.6. The van der Waals surface area contributed by atoms with Gasteiger partial charge < -0.3 is 32.5 Å². The fourth-order valence-electron chi connectivity index (χ4n) is 2.89. The molecule has 0 spiro atoms. The molecule has 0 aromatic heterocycles. The minimum atomic E-state index is -0.329. The fourth-order valence-corrected chi connectivity index (χ4v) is 2.89. The highest BCUT2D eigenvalue weighted by Gasteiger charge is 2.12. The fraction of sp³-hybridized carbons (Fsp3) is 0.0909. The molecule has 32 heavy (non-hydrogen) atoms. The second-order valence-electron chi connectivity index (χ2n) is 6.72. The van der Waals surface area contributed by atoms with Gasteiger partial charge in [0.15, 0.2) is 0 Å². The van der Waals surface area contributed by atoms with Crippen molar-refractivity contribution < 1.29 is 9.59 Å². The molecular formula is C22H20N8O2-2. The second kappa shape index (κ2) is 11.0. The third-order valence-corrected chi connectivity index (χ3v) is 4.56. The molecule has 0 aliphatic carbocycles. The molecule has 0 saturated heterocycles. The molecule has 3 rings (SSSR count). The number of nitrogens with one attached hydrogen (secondary N) is 4. The van der Waals surface area contributed by atoms with E-state index in [0.717, 1.165) is 11.1 Å². The van der Waals surface area contributed by atoms with Gasteiger partial charge in [-0.3, -0.25) is 20.0 Å². The van der Waals surface area contributed by atoms with E-state index in [9.17, 15) is 9.59 Å². The maximum atomic E-state index is 12.6. The first-order valence-electron chi connectivity index (χ1n) is 9.64. The van der Waals surface area contributed by atoms with Crippen LogP contribution in [0.25, 0.3) is 11.1 Å². The molecule has 0 radical (unpaired) electrons. The molecule has 0 bridgehead atoms. The Bertz CT molecular complexity index is 1010. The van der Waals surface area contributed by atoms with Crippen LogP contribution < -0.4 is 21.5 Å². The minimum absolute atomic E-state index is 0.329. The highest BCUT2D eigenvalue weighted by atomic mass is 16.2. The van der Waals surface area contributed by atoms with E-state index in [1.165, 1.54) is 0 Å². The number of amides is 2. The summed E-state index contributed by atoms with van der Waals surface area (Å²) in [6.07, 6.45) is 0. The van der Waals surface area contributed by atoms with Gasteiger partial charge in [0.25, 0.3) is 11.8 Å². The van der Waals surface area contributed by atoms with Crippen molar-refractivity contribution in [2.45, 2.75) is 13.1 Å². The molecule has 0 aliphatic rings. The lowest BCUT2D eigenvalue weighted by Gasteiger charge is -2.13. The van der Waals surface area contributed by atoms with E-state index >= 15 is 0 Å². The van der Waals surface area contributed by atoms with Crippen molar-refractivity contribution in [3.05, 3.63) is 106 Å². The van der Waals surface area contributed by atoms with Crippen LogP contribution in [0.1, 0.15) is 31.8 Å². The van der Waals surface area contributed by atoms with Crippen LogP contribution in [0.15, 0.2) is 83.2 Å². The van der Waals surface area contributed by atoms with Gasteiger partial charge in [0.05, 0.1) is 11.4 Å². The zero-order chi connectivity index (χ0) is 22.8. The standard InChI is InChI=1S/C22H20N8O2/c23-29-25-13-15-5-9-17(10-6-15)21(31)27-19-3-1-2-4-20(19)28-22(32)18-11-7-16(8-12-18)14-26-30-24/h1-12H,13-14H2,(H4-2,23,24,25,26,27,28,29,30,31,32)/q-2. The molecule has 2 amide bonds. The van der Waals surface area contributed by atoms with E-state index < -0.39 is 0 Å². The Labute approximate surface area is 184 Å². The number of hydrogen-bond donors (Lipinski definition) is 4. The molecule has 4 N–H and O–H groups in total. The SMILES string of the molecule is [N-]=NNCc1ccc(C(=O)Nc2ccccc2NC(=O)c2ccc(CNN=[N-])cc2)cc1. The van der Waals surface area contributed by atoms with Crippen molar-refractivity contribution in [2.24, 2.45) is 10.4 Å². The van der Waals surface area contributed by atoms with Crippen LogP contribution in [0.5, 0.6) is 0 Å². The summed E-state index contributed by atoms with van der Waals surface area (Å²) in [5.41, 5.74) is 25.2. The van der Waals surface area contributed by atoms with Crippen molar-refractivity contribution in [2.75, 3.05) is 10.6 Å². The zero-order valence-corrected chi connectivity index (χ0v) is 16.9. The van der Waals surface area contributed by atoms with Crippen LogP contribution in [-0.4, -0.2) is 11.8 Å². The quantitative estimate of drug-likeness (QED) is 0.282. The number of carbonyl (C=O) groups is 2. The van der Waals surface area contributed by atoms with Gasteiger partial charge in [-0.15, -0.1) is 0 Å². The van der Waals surface area contributed by atoms with E-state index in [2.05, 4.69) is 31.9 Å². The average Bonchev–Trinajstić information content (AvgIpc) is 2.83. The summed E-state index contributed by atoms with van der Waals surface area (Å²) in [4.78, 5) is 25.3. The van der Waals surface area contributed by atoms with Crippen molar-refractivity contribution in [1.82, 2.24) is 10.9 Å². The predicted molar refractivity (Wildman–Crippen MR) is 120 cm³/mol. The van der Waals surface area contributed by atoms with Gasteiger partial charge in [0.1, 0.15) is 0 Å². The van der Waals surface area contributed by atoms with E-state index in [1.807, 2.05) is 0 Å². The average molecular weight is 428 g/mol. The van der Waals surface area contributed by atoms with Gasteiger partial charge in [-0.2, -0.15) is 0 Å². The third kappa shape index (κ3) is 5.95. The van der Waals surface area contributed by atoms with E-state index in [-0.39, 0.29) is 11.8 Å². The van der Waals surface area contributed by atoms with Crippen molar-refractivity contribution in [1.29, 1.82) is 0 Å². The highest BCUT2D eigenvalue weighted by molar-refractivity contribution is 6.10. The Hall–Kier alpha value is -4.60. The van der Waals surface area contributed by atoms with Gasteiger partial charge in [-0.25, -0.2) is 0 Å². The van der Waals surface area contributed by atoms with Crippen LogP contribution >= 0.6 is 0 Å². The van der Waals surface area contributed by atoms with Gasteiger partial charge in [0, 0.05) is 11.1 Å².